The molecule has 4 nitrogen and oxygen atoms in total. The summed E-state index contributed by atoms with van der Waals surface area (Å²) in [5, 5.41) is 3.04. The predicted molar refractivity (Wildman–Crippen MR) is 90.9 cm³/mol. The first-order chi connectivity index (χ1) is 9.97. The second kappa shape index (κ2) is 6.83. The SMILES string of the molecule is CNCc1cc(S(=O)(=O)Nc2ccccc2SC)c(C)s1. The summed E-state index contributed by atoms with van der Waals surface area (Å²) < 4.78 is 27.8. The second-order valence-electron chi connectivity index (χ2n) is 4.47. The standard InChI is InChI=1S/C14H18N2O2S3/c1-10-14(8-11(20-10)9-15-2)21(17,18)16-12-6-4-5-7-13(12)19-3/h4-8,15-16H,9H2,1-3H3. The van der Waals surface area contributed by atoms with Gasteiger partial charge in [-0.3, -0.25) is 4.72 Å². The van der Waals surface area contributed by atoms with Crippen molar-refractivity contribution in [2.75, 3.05) is 18.0 Å². The Balaban J connectivity index is 2.34. The number of rotatable bonds is 6. The molecular formula is C14H18N2O2S3. The number of hydrogen-bond donors (Lipinski definition) is 2. The van der Waals surface area contributed by atoms with Crippen LogP contribution in [0.3, 0.4) is 0 Å². The summed E-state index contributed by atoms with van der Waals surface area (Å²) in [4.78, 5) is 3.07. The van der Waals surface area contributed by atoms with Crippen LogP contribution in [0.25, 0.3) is 0 Å². The molecule has 0 bridgehead atoms. The van der Waals surface area contributed by atoms with Gasteiger partial charge in [0.25, 0.3) is 10.0 Å². The molecule has 0 fully saturated rings. The number of thiophene rings is 1. The lowest BCUT2D eigenvalue weighted by Gasteiger charge is -2.10. The molecule has 0 saturated carbocycles. The molecule has 1 aromatic heterocycles. The lowest BCUT2D eigenvalue weighted by Crippen LogP contribution is -2.13. The summed E-state index contributed by atoms with van der Waals surface area (Å²) in [5.41, 5.74) is 0.616. The number of aryl methyl sites for hydroxylation is 1. The normalized spacial score (nSPS) is 11.6. The molecule has 0 spiro atoms. The van der Waals surface area contributed by atoms with E-state index in [1.54, 1.807) is 12.1 Å². The smallest absolute Gasteiger partial charge is 0.263 e. The van der Waals surface area contributed by atoms with Gasteiger partial charge in [0, 0.05) is 21.2 Å². The molecule has 0 aliphatic heterocycles. The Morgan fingerprint density at radius 2 is 2.00 bits per heavy atom. The molecule has 0 radical (unpaired) electrons. The highest BCUT2D eigenvalue weighted by Gasteiger charge is 2.20. The molecule has 0 unspecified atom stereocenters. The van der Waals surface area contributed by atoms with Crippen molar-refractivity contribution >= 4 is 38.8 Å². The fraction of sp³-hybridized carbons (Fsp3) is 0.286. The van der Waals surface area contributed by atoms with Crippen LogP contribution < -0.4 is 10.0 Å². The third-order valence-electron chi connectivity index (χ3n) is 2.92. The fourth-order valence-corrected chi connectivity index (χ4v) is 5.33. The zero-order chi connectivity index (χ0) is 15.5. The molecule has 1 aromatic carbocycles. The van der Waals surface area contributed by atoms with Crippen molar-refractivity contribution in [2.45, 2.75) is 23.3 Å². The van der Waals surface area contributed by atoms with Gasteiger partial charge in [-0.25, -0.2) is 8.42 Å². The highest BCUT2D eigenvalue weighted by molar-refractivity contribution is 7.99. The number of thioether (sulfide) groups is 1. The van der Waals surface area contributed by atoms with E-state index in [-0.39, 0.29) is 0 Å². The van der Waals surface area contributed by atoms with Gasteiger partial charge in [0.15, 0.2) is 0 Å². The van der Waals surface area contributed by atoms with E-state index in [1.165, 1.54) is 23.1 Å². The first kappa shape index (κ1) is 16.4. The maximum Gasteiger partial charge on any atom is 0.263 e. The molecule has 0 aliphatic carbocycles. The molecule has 2 aromatic rings. The van der Waals surface area contributed by atoms with Crippen molar-refractivity contribution in [3.63, 3.8) is 0 Å². The molecule has 114 valence electrons. The van der Waals surface area contributed by atoms with E-state index >= 15 is 0 Å². The van der Waals surface area contributed by atoms with Crippen LogP contribution in [0.1, 0.15) is 9.75 Å². The van der Waals surface area contributed by atoms with Crippen LogP contribution in [0, 0.1) is 6.92 Å². The average molecular weight is 343 g/mol. The van der Waals surface area contributed by atoms with Crippen LogP contribution in [0.5, 0.6) is 0 Å². The molecule has 21 heavy (non-hydrogen) atoms. The summed E-state index contributed by atoms with van der Waals surface area (Å²) in [6, 6.07) is 9.13. The Kier molecular flexibility index (Phi) is 5.32. The summed E-state index contributed by atoms with van der Waals surface area (Å²) in [6.07, 6.45) is 1.92. The van der Waals surface area contributed by atoms with E-state index in [9.17, 15) is 8.42 Å². The minimum absolute atomic E-state index is 0.355. The average Bonchev–Trinajstić information content (AvgIpc) is 2.81. The fourth-order valence-electron chi connectivity index (χ4n) is 1.98. The Bertz CT molecular complexity index is 724. The minimum Gasteiger partial charge on any atom is -0.315 e. The first-order valence-corrected chi connectivity index (χ1v) is 9.90. The molecule has 1 heterocycles. The molecule has 0 aliphatic rings. The van der Waals surface area contributed by atoms with Crippen molar-refractivity contribution in [1.29, 1.82) is 0 Å². The molecule has 2 N–H and O–H groups in total. The van der Waals surface area contributed by atoms with Gasteiger partial charge in [-0.1, -0.05) is 12.1 Å². The Labute approximate surface area is 134 Å². The summed E-state index contributed by atoms with van der Waals surface area (Å²) in [5.74, 6) is 0. The molecule has 0 atom stereocenters. The molecule has 7 heteroatoms. The number of para-hydroxylation sites is 1. The summed E-state index contributed by atoms with van der Waals surface area (Å²) in [7, 11) is -1.71. The van der Waals surface area contributed by atoms with Gasteiger partial charge < -0.3 is 5.32 Å². The number of nitrogens with one attached hydrogen (secondary N) is 2. The van der Waals surface area contributed by atoms with Gasteiger partial charge in [0.1, 0.15) is 4.90 Å². The zero-order valence-corrected chi connectivity index (χ0v) is 14.6. The lowest BCUT2D eigenvalue weighted by atomic mass is 10.3. The van der Waals surface area contributed by atoms with Crippen molar-refractivity contribution in [3.8, 4) is 0 Å². The van der Waals surface area contributed by atoms with Crippen molar-refractivity contribution in [1.82, 2.24) is 5.32 Å². The summed E-state index contributed by atoms with van der Waals surface area (Å²) >= 11 is 3.01. The van der Waals surface area contributed by atoms with Gasteiger partial charge in [-0.05, 0) is 38.4 Å². The Hall–Kier alpha value is -1.02. The van der Waals surface area contributed by atoms with Gasteiger partial charge in [-0.15, -0.1) is 23.1 Å². The van der Waals surface area contributed by atoms with Gasteiger partial charge in [-0.2, -0.15) is 0 Å². The number of anilines is 1. The van der Waals surface area contributed by atoms with Gasteiger partial charge in [0.2, 0.25) is 0 Å². The van der Waals surface area contributed by atoms with Crippen LogP contribution in [0.15, 0.2) is 40.1 Å². The van der Waals surface area contributed by atoms with E-state index in [0.717, 1.165) is 14.6 Å². The molecule has 2 rings (SSSR count). The van der Waals surface area contributed by atoms with Crippen LogP contribution in [0.2, 0.25) is 0 Å². The molecule has 0 amide bonds. The third-order valence-corrected chi connectivity index (χ3v) is 6.38. The summed E-state index contributed by atoms with van der Waals surface area (Å²) in [6.45, 7) is 2.50. The monoisotopic (exact) mass is 342 g/mol. The van der Waals surface area contributed by atoms with Crippen molar-refractivity contribution < 1.29 is 8.42 Å². The van der Waals surface area contributed by atoms with E-state index in [2.05, 4.69) is 10.0 Å². The van der Waals surface area contributed by atoms with Crippen LogP contribution in [-0.2, 0) is 16.6 Å². The Morgan fingerprint density at radius 3 is 2.67 bits per heavy atom. The number of hydrogen-bond acceptors (Lipinski definition) is 5. The Morgan fingerprint density at radius 1 is 1.29 bits per heavy atom. The van der Waals surface area contributed by atoms with E-state index in [1.807, 2.05) is 38.4 Å². The highest BCUT2D eigenvalue weighted by Crippen LogP contribution is 2.30. The quantitative estimate of drug-likeness (QED) is 0.791. The van der Waals surface area contributed by atoms with Crippen LogP contribution >= 0.6 is 23.1 Å². The number of benzene rings is 1. The first-order valence-electron chi connectivity index (χ1n) is 6.37. The van der Waals surface area contributed by atoms with Crippen LogP contribution in [-0.4, -0.2) is 21.7 Å². The van der Waals surface area contributed by atoms with Crippen molar-refractivity contribution in [2.24, 2.45) is 0 Å². The second-order valence-corrected chi connectivity index (χ2v) is 8.31. The van der Waals surface area contributed by atoms with Crippen LogP contribution in [0.4, 0.5) is 5.69 Å². The maximum atomic E-state index is 12.6. The predicted octanol–water partition coefficient (Wildman–Crippen LogP) is 3.30. The zero-order valence-electron chi connectivity index (χ0n) is 12.1. The van der Waals surface area contributed by atoms with Gasteiger partial charge >= 0.3 is 0 Å². The largest absolute Gasteiger partial charge is 0.315 e. The van der Waals surface area contributed by atoms with E-state index in [0.29, 0.717) is 17.1 Å². The number of sulfonamides is 1. The lowest BCUT2D eigenvalue weighted by molar-refractivity contribution is 0.601. The van der Waals surface area contributed by atoms with E-state index < -0.39 is 10.0 Å². The topological polar surface area (TPSA) is 58.2 Å². The van der Waals surface area contributed by atoms with Crippen molar-refractivity contribution in [3.05, 3.63) is 40.1 Å². The third kappa shape index (κ3) is 3.79. The minimum atomic E-state index is -3.55. The molecule has 0 saturated heterocycles. The van der Waals surface area contributed by atoms with E-state index in [4.69, 9.17) is 0 Å². The highest BCUT2D eigenvalue weighted by atomic mass is 32.2. The van der Waals surface area contributed by atoms with Gasteiger partial charge in [0.05, 0.1) is 5.69 Å². The molecular weight excluding hydrogens is 324 g/mol. The maximum absolute atomic E-state index is 12.6.